The zero-order valence-corrected chi connectivity index (χ0v) is 13.5. The summed E-state index contributed by atoms with van der Waals surface area (Å²) in [5.74, 6) is -0.0517. The average Bonchev–Trinajstić information content (AvgIpc) is 2.88. The van der Waals surface area contributed by atoms with Gasteiger partial charge in [0.1, 0.15) is 6.17 Å². The minimum Gasteiger partial charge on any atom is -0.310 e. The molecule has 4 nitrogen and oxygen atoms in total. The summed E-state index contributed by atoms with van der Waals surface area (Å²) in [7, 11) is 3.98. The van der Waals surface area contributed by atoms with Gasteiger partial charge in [-0.15, -0.1) is 0 Å². The van der Waals surface area contributed by atoms with Crippen LogP contribution in [0.3, 0.4) is 0 Å². The quantitative estimate of drug-likeness (QED) is 0.785. The van der Waals surface area contributed by atoms with Gasteiger partial charge < -0.3 is 4.90 Å². The Balaban J connectivity index is 1.93. The van der Waals surface area contributed by atoms with E-state index in [1.165, 1.54) is 44.7 Å². The Hall–Kier alpha value is -1.68. The van der Waals surface area contributed by atoms with Crippen molar-refractivity contribution in [3.05, 3.63) is 29.8 Å². The zero-order valence-electron chi connectivity index (χ0n) is 13.5. The maximum absolute atomic E-state index is 12.1. The van der Waals surface area contributed by atoms with Crippen molar-refractivity contribution in [3.8, 4) is 0 Å². The van der Waals surface area contributed by atoms with Crippen molar-refractivity contribution in [2.45, 2.75) is 50.7 Å². The fourth-order valence-corrected chi connectivity index (χ4v) is 3.62. The van der Waals surface area contributed by atoms with E-state index in [1.807, 2.05) is 25.2 Å². The first-order chi connectivity index (χ1) is 10.7. The van der Waals surface area contributed by atoms with Crippen LogP contribution in [0.5, 0.6) is 0 Å². The highest BCUT2D eigenvalue weighted by Gasteiger charge is 2.29. The molecule has 4 heteroatoms. The van der Waals surface area contributed by atoms with Crippen molar-refractivity contribution in [3.63, 3.8) is 0 Å². The van der Waals surface area contributed by atoms with Crippen LogP contribution in [0.1, 0.15) is 50.3 Å². The Morgan fingerprint density at radius 3 is 2.55 bits per heavy atom. The molecule has 0 radical (unpaired) electrons. The second-order valence-electron chi connectivity index (χ2n) is 6.42. The summed E-state index contributed by atoms with van der Waals surface area (Å²) in [6, 6.07) is 8.68. The number of rotatable bonds is 2. The molecule has 0 saturated heterocycles. The molecule has 0 bridgehead atoms. The van der Waals surface area contributed by atoms with E-state index in [9.17, 15) is 4.79 Å². The van der Waals surface area contributed by atoms with Crippen molar-refractivity contribution in [1.29, 1.82) is 0 Å². The maximum Gasteiger partial charge on any atom is 0.268 e. The molecular formula is C18H25N3O. The van der Waals surface area contributed by atoms with E-state index in [-0.39, 0.29) is 12.1 Å². The van der Waals surface area contributed by atoms with Gasteiger partial charge in [-0.1, -0.05) is 43.9 Å². The van der Waals surface area contributed by atoms with Gasteiger partial charge in [0.15, 0.2) is 0 Å². The summed E-state index contributed by atoms with van der Waals surface area (Å²) in [6.45, 7) is 0. The fraction of sp³-hybridized carbons (Fsp3) is 0.556. The summed E-state index contributed by atoms with van der Waals surface area (Å²) >= 11 is 0. The molecular weight excluding hydrogens is 274 g/mol. The maximum atomic E-state index is 12.1. The number of hydrogen-bond acceptors (Lipinski definition) is 3. The molecule has 3 rings (SSSR count). The van der Waals surface area contributed by atoms with Crippen molar-refractivity contribution in [2.75, 3.05) is 19.0 Å². The Morgan fingerprint density at radius 2 is 1.82 bits per heavy atom. The average molecular weight is 299 g/mol. The summed E-state index contributed by atoms with van der Waals surface area (Å²) in [5.41, 5.74) is 2.09. The molecule has 1 saturated carbocycles. The molecule has 1 aromatic rings. The number of anilines is 1. The molecule has 0 aromatic heterocycles. The molecule has 22 heavy (non-hydrogen) atoms. The monoisotopic (exact) mass is 299 g/mol. The van der Waals surface area contributed by atoms with Gasteiger partial charge in [0.2, 0.25) is 0 Å². The van der Waals surface area contributed by atoms with E-state index in [4.69, 9.17) is 0 Å². The molecule has 1 aliphatic heterocycles. The van der Waals surface area contributed by atoms with Crippen LogP contribution < -0.4 is 4.90 Å². The normalized spacial score (nSPS) is 23.3. The second kappa shape index (κ2) is 6.61. The Labute approximate surface area is 132 Å². The van der Waals surface area contributed by atoms with Gasteiger partial charge in [0.25, 0.3) is 5.91 Å². The van der Waals surface area contributed by atoms with Crippen LogP contribution in [0.2, 0.25) is 0 Å². The SMILES string of the molecule is CN1C(=O)C=NC(N(C)C2CCCCCC2)c2ccccc21. The molecule has 1 heterocycles. The third-order valence-corrected chi connectivity index (χ3v) is 5.02. The summed E-state index contributed by atoms with van der Waals surface area (Å²) in [5, 5.41) is 0. The van der Waals surface area contributed by atoms with Gasteiger partial charge in [-0.25, -0.2) is 0 Å². The highest BCUT2D eigenvalue weighted by atomic mass is 16.2. The lowest BCUT2D eigenvalue weighted by atomic mass is 10.0. The molecule has 118 valence electrons. The molecule has 1 atom stereocenters. The first-order valence-corrected chi connectivity index (χ1v) is 8.30. The first-order valence-electron chi connectivity index (χ1n) is 8.30. The van der Waals surface area contributed by atoms with Crippen LogP contribution in [-0.4, -0.2) is 37.2 Å². The lowest BCUT2D eigenvalue weighted by Gasteiger charge is -2.33. The molecule has 1 amide bonds. The van der Waals surface area contributed by atoms with Crippen LogP contribution in [0.15, 0.2) is 29.3 Å². The number of nitrogens with zero attached hydrogens (tertiary/aromatic N) is 3. The van der Waals surface area contributed by atoms with E-state index in [0.29, 0.717) is 6.04 Å². The van der Waals surface area contributed by atoms with E-state index in [1.54, 1.807) is 4.90 Å². The van der Waals surface area contributed by atoms with Crippen LogP contribution in [-0.2, 0) is 4.79 Å². The Bertz CT molecular complexity index is 561. The van der Waals surface area contributed by atoms with Gasteiger partial charge in [-0.2, -0.15) is 0 Å². The minimum absolute atomic E-state index is 0.0517. The van der Waals surface area contributed by atoms with Crippen LogP contribution >= 0.6 is 0 Å². The Kier molecular flexibility index (Phi) is 4.57. The number of hydrogen-bond donors (Lipinski definition) is 0. The molecule has 1 fully saturated rings. The predicted octanol–water partition coefficient (Wildman–Crippen LogP) is 3.39. The molecule has 1 aliphatic carbocycles. The van der Waals surface area contributed by atoms with Crippen molar-refractivity contribution < 1.29 is 4.79 Å². The van der Waals surface area contributed by atoms with Gasteiger partial charge in [-0.05, 0) is 26.0 Å². The predicted molar refractivity (Wildman–Crippen MR) is 90.3 cm³/mol. The highest BCUT2D eigenvalue weighted by Crippen LogP contribution is 2.35. The number of carbonyl (C=O) groups is 1. The van der Waals surface area contributed by atoms with Crippen molar-refractivity contribution in [2.24, 2.45) is 4.99 Å². The molecule has 1 aromatic carbocycles. The highest BCUT2D eigenvalue weighted by molar-refractivity contribution is 6.33. The fourth-order valence-electron chi connectivity index (χ4n) is 3.62. The number of amides is 1. The van der Waals surface area contributed by atoms with Gasteiger partial charge in [0, 0.05) is 18.7 Å². The third kappa shape index (κ3) is 2.93. The topological polar surface area (TPSA) is 35.9 Å². The number of fused-ring (bicyclic) bond motifs is 1. The number of para-hydroxylation sites is 1. The van der Waals surface area contributed by atoms with E-state index in [0.717, 1.165) is 11.3 Å². The van der Waals surface area contributed by atoms with Gasteiger partial charge in [0.05, 0.1) is 11.9 Å². The molecule has 1 unspecified atom stereocenters. The lowest BCUT2D eigenvalue weighted by molar-refractivity contribution is -0.111. The number of benzene rings is 1. The summed E-state index contributed by atoms with van der Waals surface area (Å²) in [6.07, 6.45) is 9.17. The van der Waals surface area contributed by atoms with Crippen LogP contribution in [0.4, 0.5) is 5.69 Å². The molecule has 2 aliphatic rings. The van der Waals surface area contributed by atoms with E-state index < -0.39 is 0 Å². The van der Waals surface area contributed by atoms with Crippen LogP contribution in [0, 0.1) is 0 Å². The minimum atomic E-state index is -0.0619. The van der Waals surface area contributed by atoms with Gasteiger partial charge in [-0.3, -0.25) is 14.7 Å². The van der Waals surface area contributed by atoms with Crippen molar-refractivity contribution >= 4 is 17.8 Å². The smallest absolute Gasteiger partial charge is 0.268 e. The molecule has 0 spiro atoms. The van der Waals surface area contributed by atoms with E-state index >= 15 is 0 Å². The summed E-state index contributed by atoms with van der Waals surface area (Å²) in [4.78, 5) is 20.8. The Morgan fingerprint density at radius 1 is 1.14 bits per heavy atom. The van der Waals surface area contributed by atoms with Gasteiger partial charge >= 0.3 is 0 Å². The number of carbonyl (C=O) groups excluding carboxylic acids is 1. The van der Waals surface area contributed by atoms with Crippen molar-refractivity contribution in [1.82, 2.24) is 4.90 Å². The van der Waals surface area contributed by atoms with E-state index in [2.05, 4.69) is 23.0 Å². The first kappa shape index (κ1) is 15.2. The largest absolute Gasteiger partial charge is 0.310 e. The number of aliphatic imine (C=N–C) groups is 1. The summed E-state index contributed by atoms with van der Waals surface area (Å²) < 4.78 is 0. The zero-order chi connectivity index (χ0) is 15.5. The molecule has 0 N–H and O–H groups in total. The van der Waals surface area contributed by atoms with Crippen LogP contribution in [0.25, 0.3) is 0 Å². The second-order valence-corrected chi connectivity index (χ2v) is 6.42. The standard InChI is InChI=1S/C18H25N3O/c1-20(14-9-5-3-4-6-10-14)18-15-11-7-8-12-16(15)21(2)17(22)13-19-18/h7-8,11-14,18H,3-6,9-10H2,1-2H3. The third-order valence-electron chi connectivity index (χ3n) is 5.02. The lowest BCUT2D eigenvalue weighted by Crippen LogP contribution is -2.34.